The molecule has 0 atom stereocenters. The summed E-state index contributed by atoms with van der Waals surface area (Å²) in [5.74, 6) is -0.288. The van der Waals surface area contributed by atoms with E-state index in [9.17, 15) is 9.59 Å². The van der Waals surface area contributed by atoms with Crippen molar-refractivity contribution in [2.24, 2.45) is 0 Å². The van der Waals surface area contributed by atoms with Gasteiger partial charge in [0.2, 0.25) is 0 Å². The lowest BCUT2D eigenvalue weighted by Gasteiger charge is -2.18. The molecule has 0 saturated carbocycles. The van der Waals surface area contributed by atoms with Gasteiger partial charge in [0.05, 0.1) is 0 Å². The molecule has 2 aliphatic rings. The van der Waals surface area contributed by atoms with Gasteiger partial charge in [-0.2, -0.15) is 0 Å². The molecule has 66 valence electrons. The molecular formula is C10H4BBrO2. The first-order valence-corrected chi connectivity index (χ1v) is 4.74. The summed E-state index contributed by atoms with van der Waals surface area (Å²) >= 11 is 3.22. The van der Waals surface area contributed by atoms with Crippen LogP contribution in [-0.2, 0) is 9.59 Å². The minimum atomic E-state index is -0.158. The van der Waals surface area contributed by atoms with Crippen molar-refractivity contribution in [2.75, 3.05) is 0 Å². The summed E-state index contributed by atoms with van der Waals surface area (Å²) in [5, 5.41) is 0. The summed E-state index contributed by atoms with van der Waals surface area (Å²) in [4.78, 5) is 22.3. The number of rotatable bonds is 0. The minimum absolute atomic E-state index is 0.130. The Hall–Kier alpha value is -1.16. The molecule has 0 heterocycles. The second kappa shape index (κ2) is 3.21. The first kappa shape index (κ1) is 9.40. The molecule has 2 rings (SSSR count). The average Bonchev–Trinajstić information content (AvgIpc) is 2.07. The Kier molecular flexibility index (Phi) is 2.15. The van der Waals surface area contributed by atoms with Crippen molar-refractivity contribution in [3.05, 3.63) is 45.4 Å². The zero-order valence-electron chi connectivity index (χ0n) is 7.08. The smallest absolute Gasteiger partial charge is 0.180 e. The first-order chi connectivity index (χ1) is 6.58. The van der Waals surface area contributed by atoms with Crippen molar-refractivity contribution in [1.82, 2.24) is 0 Å². The third-order valence-corrected chi connectivity index (χ3v) is 2.65. The van der Waals surface area contributed by atoms with Crippen LogP contribution in [0.15, 0.2) is 45.4 Å². The van der Waals surface area contributed by atoms with Gasteiger partial charge in [-0.1, -0.05) is 21.4 Å². The third kappa shape index (κ3) is 1.46. The van der Waals surface area contributed by atoms with E-state index in [1.807, 2.05) is 0 Å². The zero-order valence-corrected chi connectivity index (χ0v) is 8.67. The molecular weight excluding hydrogens is 243 g/mol. The summed E-state index contributed by atoms with van der Waals surface area (Å²) in [6.45, 7) is 0. The number of halogens is 1. The van der Waals surface area contributed by atoms with Crippen LogP contribution in [0.2, 0.25) is 0 Å². The van der Waals surface area contributed by atoms with Crippen molar-refractivity contribution in [3.63, 3.8) is 0 Å². The zero-order chi connectivity index (χ0) is 10.3. The number of carbonyl (C=O) groups excluding carboxylic acids is 2. The van der Waals surface area contributed by atoms with Crippen LogP contribution in [0, 0.1) is 0 Å². The highest BCUT2D eigenvalue weighted by Crippen LogP contribution is 2.33. The predicted octanol–water partition coefficient (Wildman–Crippen LogP) is 1.34. The second-order valence-corrected chi connectivity index (χ2v) is 3.87. The summed E-state index contributed by atoms with van der Waals surface area (Å²) in [6.07, 6.45) is 5.61. The molecule has 4 heteroatoms. The Morgan fingerprint density at radius 3 is 2.21 bits per heavy atom. The number of ketones is 2. The predicted molar refractivity (Wildman–Crippen MR) is 57.0 cm³/mol. The largest absolute Gasteiger partial charge is 0.290 e. The maximum atomic E-state index is 11.2. The topological polar surface area (TPSA) is 34.1 Å². The molecule has 0 aromatic rings. The van der Waals surface area contributed by atoms with Crippen LogP contribution in [0.4, 0.5) is 0 Å². The van der Waals surface area contributed by atoms with Crippen molar-refractivity contribution < 1.29 is 9.59 Å². The fourth-order valence-electron chi connectivity index (χ4n) is 1.39. The van der Waals surface area contributed by atoms with E-state index >= 15 is 0 Å². The molecule has 0 aromatic carbocycles. The summed E-state index contributed by atoms with van der Waals surface area (Å²) in [7, 11) is 5.64. The van der Waals surface area contributed by atoms with E-state index in [1.165, 1.54) is 24.3 Å². The minimum Gasteiger partial charge on any atom is -0.290 e. The van der Waals surface area contributed by atoms with Crippen LogP contribution in [0.25, 0.3) is 0 Å². The van der Waals surface area contributed by atoms with E-state index in [-0.39, 0.29) is 11.6 Å². The lowest BCUT2D eigenvalue weighted by atomic mass is 9.78. The SMILES string of the molecule is [B]C1=CC(=O)C=C2C(Br)=CC(=O)C=C12. The van der Waals surface area contributed by atoms with Crippen molar-refractivity contribution >= 4 is 35.3 Å². The lowest BCUT2D eigenvalue weighted by molar-refractivity contribution is -0.111. The van der Waals surface area contributed by atoms with E-state index in [0.29, 0.717) is 21.1 Å². The molecule has 0 unspecified atom stereocenters. The molecule has 0 aliphatic heterocycles. The molecule has 0 aromatic heterocycles. The number of hydrogen-bond acceptors (Lipinski definition) is 2. The van der Waals surface area contributed by atoms with Gasteiger partial charge in [0.15, 0.2) is 11.6 Å². The van der Waals surface area contributed by atoms with E-state index < -0.39 is 0 Å². The van der Waals surface area contributed by atoms with Crippen molar-refractivity contribution in [1.29, 1.82) is 0 Å². The highest BCUT2D eigenvalue weighted by Gasteiger charge is 2.21. The summed E-state index contributed by atoms with van der Waals surface area (Å²) in [6, 6.07) is 0. The van der Waals surface area contributed by atoms with Gasteiger partial charge in [-0.25, -0.2) is 0 Å². The molecule has 2 aliphatic carbocycles. The van der Waals surface area contributed by atoms with E-state index in [2.05, 4.69) is 15.9 Å². The fraction of sp³-hybridized carbons (Fsp3) is 0. The standard InChI is InChI=1S/C10H4BBrO2/c11-9-3-5(13)2-8-7(9)1-6(14)4-10(8)12/h1-4H. The molecule has 0 N–H and O–H groups in total. The van der Waals surface area contributed by atoms with Crippen molar-refractivity contribution in [3.8, 4) is 0 Å². The van der Waals surface area contributed by atoms with E-state index in [1.54, 1.807) is 0 Å². The van der Waals surface area contributed by atoms with Crippen LogP contribution < -0.4 is 0 Å². The van der Waals surface area contributed by atoms with Crippen LogP contribution in [0.1, 0.15) is 0 Å². The molecule has 0 bridgehead atoms. The Morgan fingerprint density at radius 1 is 0.929 bits per heavy atom. The van der Waals surface area contributed by atoms with Gasteiger partial charge in [-0.05, 0) is 29.4 Å². The highest BCUT2D eigenvalue weighted by molar-refractivity contribution is 9.12. The Morgan fingerprint density at radius 2 is 1.50 bits per heavy atom. The summed E-state index contributed by atoms with van der Waals surface area (Å²) < 4.78 is 0.601. The maximum Gasteiger partial charge on any atom is 0.180 e. The monoisotopic (exact) mass is 246 g/mol. The van der Waals surface area contributed by atoms with Crippen LogP contribution in [-0.4, -0.2) is 19.4 Å². The quantitative estimate of drug-likeness (QED) is 0.605. The lowest BCUT2D eigenvalue weighted by Crippen LogP contribution is -2.11. The number of carbonyl (C=O) groups is 2. The molecule has 2 nitrogen and oxygen atoms in total. The molecule has 0 fully saturated rings. The number of fused-ring (bicyclic) bond motifs is 1. The molecule has 2 radical (unpaired) electrons. The molecule has 0 saturated heterocycles. The Balaban J connectivity index is 2.59. The first-order valence-electron chi connectivity index (χ1n) is 3.95. The highest BCUT2D eigenvalue weighted by atomic mass is 79.9. The van der Waals surface area contributed by atoms with E-state index in [4.69, 9.17) is 7.85 Å². The molecule has 0 spiro atoms. The van der Waals surface area contributed by atoms with Crippen LogP contribution >= 0.6 is 15.9 Å². The van der Waals surface area contributed by atoms with Gasteiger partial charge in [-0.15, -0.1) is 0 Å². The third-order valence-electron chi connectivity index (χ3n) is 2.00. The van der Waals surface area contributed by atoms with Gasteiger partial charge in [0, 0.05) is 10.6 Å². The van der Waals surface area contributed by atoms with Gasteiger partial charge in [-0.3, -0.25) is 9.59 Å². The summed E-state index contributed by atoms with van der Waals surface area (Å²) in [5.41, 5.74) is 1.63. The van der Waals surface area contributed by atoms with Gasteiger partial charge in [0.25, 0.3) is 0 Å². The van der Waals surface area contributed by atoms with Gasteiger partial charge in [0.1, 0.15) is 7.85 Å². The number of hydrogen-bond donors (Lipinski definition) is 0. The maximum absolute atomic E-state index is 11.2. The van der Waals surface area contributed by atoms with Crippen LogP contribution in [0.5, 0.6) is 0 Å². The Bertz CT molecular complexity index is 423. The Labute approximate surface area is 90.6 Å². The molecule has 14 heavy (non-hydrogen) atoms. The van der Waals surface area contributed by atoms with Gasteiger partial charge < -0.3 is 0 Å². The molecule has 0 amide bonds. The average molecular weight is 247 g/mol. The normalized spacial score (nSPS) is 20.6. The second-order valence-electron chi connectivity index (χ2n) is 3.01. The van der Waals surface area contributed by atoms with Crippen molar-refractivity contribution in [2.45, 2.75) is 0 Å². The van der Waals surface area contributed by atoms with Gasteiger partial charge >= 0.3 is 0 Å². The van der Waals surface area contributed by atoms with Crippen LogP contribution in [0.3, 0.4) is 0 Å². The van der Waals surface area contributed by atoms with E-state index in [0.717, 1.165) is 0 Å². The number of allylic oxidation sites excluding steroid dienone is 8. The fourth-order valence-corrected chi connectivity index (χ4v) is 1.95.